The number of anilines is 1. The fourth-order valence-corrected chi connectivity index (χ4v) is 2.68. The van der Waals surface area contributed by atoms with Crippen LogP contribution in [0.5, 0.6) is 0 Å². The summed E-state index contributed by atoms with van der Waals surface area (Å²) in [6, 6.07) is 3.40. The van der Waals surface area contributed by atoms with Crippen molar-refractivity contribution in [2.24, 2.45) is 5.92 Å². The maximum absolute atomic E-state index is 14.1. The Balaban J connectivity index is 2.05. The molecular weight excluding hydrogens is 317 g/mol. The summed E-state index contributed by atoms with van der Waals surface area (Å²) in [4.78, 5) is 23.7. The molecule has 1 aromatic carbocycles. The van der Waals surface area contributed by atoms with E-state index in [4.69, 9.17) is 4.74 Å². The molecule has 1 heterocycles. The van der Waals surface area contributed by atoms with Crippen LogP contribution in [0.25, 0.3) is 0 Å². The molecule has 1 saturated heterocycles. The summed E-state index contributed by atoms with van der Waals surface area (Å²) in [6.07, 6.45) is -0.509. The van der Waals surface area contributed by atoms with Crippen molar-refractivity contribution in [2.45, 2.75) is 39.3 Å². The number of carbonyl (C=O) groups is 1. The Morgan fingerprint density at radius 1 is 1.42 bits per heavy atom. The van der Waals surface area contributed by atoms with Gasteiger partial charge in [-0.3, -0.25) is 10.1 Å². The molecule has 0 radical (unpaired) electrons. The lowest BCUT2D eigenvalue weighted by Gasteiger charge is -2.23. The molecule has 132 valence electrons. The second-order valence-corrected chi connectivity index (χ2v) is 7.03. The Morgan fingerprint density at radius 2 is 2.08 bits per heavy atom. The van der Waals surface area contributed by atoms with Crippen LogP contribution >= 0.6 is 0 Å². The van der Waals surface area contributed by atoms with Crippen molar-refractivity contribution in [1.82, 2.24) is 5.32 Å². The van der Waals surface area contributed by atoms with E-state index in [0.29, 0.717) is 18.8 Å². The largest absolute Gasteiger partial charge is 0.444 e. The summed E-state index contributed by atoms with van der Waals surface area (Å²) in [6.45, 7) is 8.24. The van der Waals surface area contributed by atoms with Crippen LogP contribution in [0.1, 0.15) is 27.7 Å². The highest BCUT2D eigenvalue weighted by Crippen LogP contribution is 2.29. The molecule has 1 aliphatic rings. The Bertz CT molecular complexity index is 645. The number of non-ortho nitro benzene ring substituents is 1. The monoisotopic (exact) mass is 339 g/mol. The average Bonchev–Trinajstić information content (AvgIpc) is 2.77. The zero-order valence-corrected chi connectivity index (χ0v) is 14.2. The van der Waals surface area contributed by atoms with Crippen LogP contribution in [0.2, 0.25) is 0 Å². The van der Waals surface area contributed by atoms with Gasteiger partial charge in [-0.15, -0.1) is 0 Å². The highest BCUT2D eigenvalue weighted by molar-refractivity contribution is 5.68. The number of nitrogens with zero attached hydrogens (tertiary/aromatic N) is 2. The molecule has 0 aliphatic carbocycles. The Kier molecular flexibility index (Phi) is 4.96. The minimum atomic E-state index is -0.644. The molecule has 1 fully saturated rings. The van der Waals surface area contributed by atoms with E-state index in [1.54, 1.807) is 25.7 Å². The first kappa shape index (κ1) is 18.0. The third-order valence-corrected chi connectivity index (χ3v) is 3.80. The van der Waals surface area contributed by atoms with E-state index in [-0.39, 0.29) is 17.6 Å². The molecule has 1 aliphatic heterocycles. The number of hydrogen-bond donors (Lipinski definition) is 1. The van der Waals surface area contributed by atoms with E-state index in [0.717, 1.165) is 6.07 Å². The lowest BCUT2D eigenvalue weighted by atomic mass is 10.1. The van der Waals surface area contributed by atoms with Gasteiger partial charge < -0.3 is 15.0 Å². The molecule has 2 atom stereocenters. The predicted molar refractivity (Wildman–Crippen MR) is 87.6 cm³/mol. The van der Waals surface area contributed by atoms with Gasteiger partial charge in [-0.1, -0.05) is 6.92 Å². The zero-order chi connectivity index (χ0) is 18.1. The van der Waals surface area contributed by atoms with Crippen molar-refractivity contribution in [2.75, 3.05) is 18.0 Å². The lowest BCUT2D eigenvalue weighted by molar-refractivity contribution is -0.385. The maximum Gasteiger partial charge on any atom is 0.407 e. The molecule has 1 amide bonds. The van der Waals surface area contributed by atoms with E-state index in [9.17, 15) is 19.3 Å². The number of rotatable bonds is 3. The number of benzene rings is 1. The molecule has 0 spiro atoms. The van der Waals surface area contributed by atoms with Gasteiger partial charge in [-0.25, -0.2) is 9.18 Å². The van der Waals surface area contributed by atoms with Crippen LogP contribution in [-0.2, 0) is 4.74 Å². The zero-order valence-electron chi connectivity index (χ0n) is 14.2. The number of carbonyl (C=O) groups excluding carboxylic acids is 1. The number of amides is 1. The van der Waals surface area contributed by atoms with Crippen LogP contribution in [-0.4, -0.2) is 35.7 Å². The average molecular weight is 339 g/mol. The minimum Gasteiger partial charge on any atom is -0.444 e. The number of nitro groups is 1. The van der Waals surface area contributed by atoms with Crippen LogP contribution in [0.3, 0.4) is 0 Å². The summed E-state index contributed by atoms with van der Waals surface area (Å²) >= 11 is 0. The van der Waals surface area contributed by atoms with Crippen molar-refractivity contribution >= 4 is 17.5 Å². The molecule has 1 aromatic rings. The lowest BCUT2D eigenvalue weighted by Crippen LogP contribution is -2.42. The maximum atomic E-state index is 14.1. The second kappa shape index (κ2) is 6.62. The summed E-state index contributed by atoms with van der Waals surface area (Å²) in [7, 11) is 0. The number of alkyl carbamates (subject to hydrolysis) is 1. The third kappa shape index (κ3) is 4.33. The first-order chi connectivity index (χ1) is 11.1. The molecule has 1 N–H and O–H groups in total. The van der Waals surface area contributed by atoms with Gasteiger partial charge in [0, 0.05) is 19.2 Å². The van der Waals surface area contributed by atoms with Gasteiger partial charge in [-0.2, -0.15) is 0 Å². The minimum absolute atomic E-state index is 0.0899. The summed E-state index contributed by atoms with van der Waals surface area (Å²) in [5.74, 6) is -0.554. The number of halogens is 1. The first-order valence-electron chi connectivity index (χ1n) is 7.75. The van der Waals surface area contributed by atoms with Crippen LogP contribution < -0.4 is 10.2 Å². The molecule has 0 unspecified atom stereocenters. The predicted octanol–water partition coefficient (Wildman–Crippen LogP) is 3.08. The van der Waals surface area contributed by atoms with Gasteiger partial charge in [0.1, 0.15) is 5.60 Å². The highest BCUT2D eigenvalue weighted by atomic mass is 19.1. The number of nitro benzene ring substituents is 1. The topological polar surface area (TPSA) is 84.7 Å². The fourth-order valence-electron chi connectivity index (χ4n) is 2.68. The van der Waals surface area contributed by atoms with E-state index in [1.165, 1.54) is 12.1 Å². The Hall–Kier alpha value is -2.38. The second-order valence-electron chi connectivity index (χ2n) is 7.03. The van der Waals surface area contributed by atoms with E-state index in [2.05, 4.69) is 5.32 Å². The normalized spacial score (nSPS) is 20.8. The fraction of sp³-hybridized carbons (Fsp3) is 0.562. The summed E-state index contributed by atoms with van der Waals surface area (Å²) in [5, 5.41) is 13.5. The van der Waals surface area contributed by atoms with Crippen LogP contribution in [0.15, 0.2) is 18.2 Å². The molecule has 0 aromatic heterocycles. The molecule has 7 nitrogen and oxygen atoms in total. The molecular formula is C16H22FN3O4. The standard InChI is InChI=1S/C16H22FN3O4/c1-10-8-19(9-13(10)18-15(21)24-16(2,3)4)14-6-5-11(20(22)23)7-12(14)17/h5-7,10,13H,8-9H2,1-4H3,(H,18,21)/t10-,13+/m0/s1. The van der Waals surface area contributed by atoms with Crippen LogP contribution in [0.4, 0.5) is 20.6 Å². The van der Waals surface area contributed by atoms with Crippen LogP contribution in [0, 0.1) is 21.8 Å². The Morgan fingerprint density at radius 3 is 2.62 bits per heavy atom. The number of hydrogen-bond acceptors (Lipinski definition) is 5. The summed E-state index contributed by atoms with van der Waals surface area (Å²) in [5.41, 5.74) is -0.580. The van der Waals surface area contributed by atoms with E-state index >= 15 is 0 Å². The number of ether oxygens (including phenoxy) is 1. The van der Waals surface area contributed by atoms with Crippen molar-refractivity contribution in [3.63, 3.8) is 0 Å². The van der Waals surface area contributed by atoms with Crippen molar-refractivity contribution in [3.8, 4) is 0 Å². The highest BCUT2D eigenvalue weighted by Gasteiger charge is 2.33. The third-order valence-electron chi connectivity index (χ3n) is 3.80. The van der Waals surface area contributed by atoms with Crippen molar-refractivity contribution in [1.29, 1.82) is 0 Å². The first-order valence-corrected chi connectivity index (χ1v) is 7.75. The summed E-state index contributed by atoms with van der Waals surface area (Å²) < 4.78 is 19.4. The molecule has 0 saturated carbocycles. The van der Waals surface area contributed by atoms with Gasteiger partial charge in [0.15, 0.2) is 5.82 Å². The van der Waals surface area contributed by atoms with Gasteiger partial charge >= 0.3 is 6.09 Å². The number of nitrogens with one attached hydrogen (secondary N) is 1. The van der Waals surface area contributed by atoms with Crippen molar-refractivity contribution < 1.29 is 18.8 Å². The molecule has 24 heavy (non-hydrogen) atoms. The molecule has 8 heteroatoms. The molecule has 0 bridgehead atoms. The van der Waals surface area contributed by atoms with Gasteiger partial charge in [0.2, 0.25) is 0 Å². The van der Waals surface area contributed by atoms with E-state index < -0.39 is 22.4 Å². The molecule has 2 rings (SSSR count). The van der Waals surface area contributed by atoms with Gasteiger partial charge in [0.25, 0.3) is 5.69 Å². The van der Waals surface area contributed by atoms with Gasteiger partial charge in [-0.05, 0) is 32.8 Å². The van der Waals surface area contributed by atoms with Gasteiger partial charge in [0.05, 0.1) is 22.7 Å². The SMILES string of the molecule is C[C@H]1CN(c2ccc([N+](=O)[O-])cc2F)C[C@H]1NC(=O)OC(C)(C)C. The van der Waals surface area contributed by atoms with E-state index in [1.807, 2.05) is 6.92 Å². The quantitative estimate of drug-likeness (QED) is 0.676. The Labute approximate surface area is 139 Å². The van der Waals surface area contributed by atoms with Crippen molar-refractivity contribution in [3.05, 3.63) is 34.1 Å². The smallest absolute Gasteiger partial charge is 0.407 e.